The van der Waals surface area contributed by atoms with Gasteiger partial charge in [-0.05, 0) is 19.9 Å². The zero-order valence-corrected chi connectivity index (χ0v) is 9.87. The third-order valence-electron chi connectivity index (χ3n) is 2.78. The van der Waals surface area contributed by atoms with Crippen molar-refractivity contribution in [2.75, 3.05) is 20.1 Å². The van der Waals surface area contributed by atoms with Crippen molar-refractivity contribution in [3.63, 3.8) is 0 Å². The maximum atomic E-state index is 11.1. The first-order chi connectivity index (χ1) is 7.29. The molecule has 0 aromatic carbocycles. The highest BCUT2D eigenvalue weighted by Crippen LogP contribution is 2.22. The minimum absolute atomic E-state index is 0.158. The number of likely N-dealkylation sites (tertiary alicyclic amines) is 1. The highest BCUT2D eigenvalue weighted by Gasteiger charge is 2.40. The fourth-order valence-corrected chi connectivity index (χ4v) is 2.63. The maximum Gasteiger partial charge on any atom is 0.275 e. The van der Waals surface area contributed by atoms with E-state index in [1.165, 1.54) is 0 Å². The number of rotatable bonds is 3. The van der Waals surface area contributed by atoms with Crippen molar-refractivity contribution in [2.45, 2.75) is 18.4 Å². The number of nitrogens with two attached hydrogens (primary N) is 2. The lowest BCUT2D eigenvalue weighted by Crippen LogP contribution is -2.63. The molecule has 0 aliphatic carbocycles. The summed E-state index contributed by atoms with van der Waals surface area (Å²) in [5.41, 5.74) is 4.46. The second kappa shape index (κ2) is 4.53. The summed E-state index contributed by atoms with van der Waals surface area (Å²) < 4.78 is 24.4. The van der Waals surface area contributed by atoms with E-state index < -0.39 is 15.7 Å². The van der Waals surface area contributed by atoms with Crippen LogP contribution in [0.5, 0.6) is 0 Å². The van der Waals surface area contributed by atoms with Gasteiger partial charge in [0.05, 0.1) is 5.54 Å². The molecule has 0 aromatic heterocycles. The first-order valence-electron chi connectivity index (χ1n) is 4.77. The van der Waals surface area contributed by atoms with Crippen LogP contribution in [0.25, 0.3) is 0 Å². The topological polar surface area (TPSA) is 134 Å². The highest BCUT2D eigenvalue weighted by molar-refractivity contribution is 7.87. The van der Waals surface area contributed by atoms with Gasteiger partial charge in [0.15, 0.2) is 5.84 Å². The Morgan fingerprint density at radius 2 is 2.00 bits per heavy atom. The van der Waals surface area contributed by atoms with Crippen LogP contribution in [0.2, 0.25) is 0 Å². The molecule has 0 aromatic rings. The van der Waals surface area contributed by atoms with Gasteiger partial charge in [-0.1, -0.05) is 5.16 Å². The lowest BCUT2D eigenvalue weighted by atomic mass is 9.88. The van der Waals surface area contributed by atoms with Crippen LogP contribution in [-0.2, 0) is 10.2 Å². The van der Waals surface area contributed by atoms with Crippen LogP contribution in [0.3, 0.4) is 0 Å². The third kappa shape index (κ3) is 3.04. The molecule has 0 bridgehead atoms. The molecular weight excluding hydrogens is 234 g/mol. The molecule has 0 radical (unpaired) electrons. The summed E-state index contributed by atoms with van der Waals surface area (Å²) in [5, 5.41) is 16.5. The Labute approximate surface area is 94.5 Å². The molecule has 1 saturated heterocycles. The maximum absolute atomic E-state index is 11.1. The molecule has 16 heavy (non-hydrogen) atoms. The zero-order chi connectivity index (χ0) is 12.4. The zero-order valence-electron chi connectivity index (χ0n) is 9.05. The Kier molecular flexibility index (Phi) is 3.73. The molecule has 94 valence electrons. The van der Waals surface area contributed by atoms with Crippen LogP contribution in [0, 0.1) is 0 Å². The molecule has 0 amide bonds. The minimum Gasteiger partial charge on any atom is -0.409 e. The molecular formula is C7H17N5O3S. The van der Waals surface area contributed by atoms with Gasteiger partial charge in [-0.2, -0.15) is 13.1 Å². The molecule has 8 nitrogen and oxygen atoms in total. The van der Waals surface area contributed by atoms with E-state index in [0.717, 1.165) is 0 Å². The monoisotopic (exact) mass is 251 g/mol. The van der Waals surface area contributed by atoms with Gasteiger partial charge in [-0.3, -0.25) is 0 Å². The van der Waals surface area contributed by atoms with Gasteiger partial charge in [-0.15, -0.1) is 0 Å². The fraction of sp³-hybridized carbons (Fsp3) is 0.857. The van der Waals surface area contributed by atoms with Gasteiger partial charge in [0.25, 0.3) is 10.2 Å². The number of nitrogens with one attached hydrogen (secondary N) is 1. The average molecular weight is 251 g/mol. The Morgan fingerprint density at radius 1 is 1.50 bits per heavy atom. The van der Waals surface area contributed by atoms with E-state index in [1.54, 1.807) is 0 Å². The summed E-state index contributed by atoms with van der Waals surface area (Å²) in [6.45, 7) is 1.28. The molecule has 1 aliphatic heterocycles. The second-order valence-corrected chi connectivity index (χ2v) is 5.31. The summed E-state index contributed by atoms with van der Waals surface area (Å²) >= 11 is 0. The standard InChI is InChI=1S/C7H17N5O3S/c1-12-4-2-7(3-5-12,6(8)10-13)11-16(9,14)15/h11,13H,2-5H2,1H3,(H2,8,10)(H2,9,14,15). The van der Waals surface area contributed by atoms with Crippen molar-refractivity contribution in [3.8, 4) is 0 Å². The Bertz CT molecular complexity index is 371. The van der Waals surface area contributed by atoms with Crippen LogP contribution in [0.15, 0.2) is 5.16 Å². The van der Waals surface area contributed by atoms with Crippen molar-refractivity contribution < 1.29 is 13.6 Å². The van der Waals surface area contributed by atoms with Crippen LogP contribution in [0.4, 0.5) is 0 Å². The second-order valence-electron chi connectivity index (χ2n) is 4.02. The van der Waals surface area contributed by atoms with E-state index in [9.17, 15) is 8.42 Å². The Balaban J connectivity index is 2.95. The Hall–Kier alpha value is -0.900. The van der Waals surface area contributed by atoms with E-state index in [1.807, 2.05) is 11.9 Å². The number of oxime groups is 1. The molecule has 6 N–H and O–H groups in total. The number of piperidine rings is 1. The van der Waals surface area contributed by atoms with Crippen LogP contribution < -0.4 is 15.6 Å². The molecule has 0 saturated carbocycles. The lowest BCUT2D eigenvalue weighted by Gasteiger charge is -2.39. The summed E-state index contributed by atoms with van der Waals surface area (Å²) in [7, 11) is -1.99. The Morgan fingerprint density at radius 3 is 2.38 bits per heavy atom. The van der Waals surface area contributed by atoms with Crippen molar-refractivity contribution in [1.82, 2.24) is 9.62 Å². The molecule has 1 aliphatic rings. The van der Waals surface area contributed by atoms with E-state index >= 15 is 0 Å². The van der Waals surface area contributed by atoms with Gasteiger partial charge in [0.1, 0.15) is 0 Å². The number of hydrogen-bond acceptors (Lipinski definition) is 5. The van der Waals surface area contributed by atoms with Gasteiger partial charge in [0.2, 0.25) is 0 Å². The van der Waals surface area contributed by atoms with Gasteiger partial charge < -0.3 is 15.8 Å². The van der Waals surface area contributed by atoms with Crippen LogP contribution in [0.1, 0.15) is 12.8 Å². The average Bonchev–Trinajstić information content (AvgIpc) is 2.18. The predicted molar refractivity (Wildman–Crippen MR) is 59.1 cm³/mol. The molecule has 0 spiro atoms. The van der Waals surface area contributed by atoms with E-state index in [2.05, 4.69) is 9.88 Å². The minimum atomic E-state index is -3.90. The first-order valence-corrected chi connectivity index (χ1v) is 6.32. The number of hydrogen-bond donors (Lipinski definition) is 4. The normalized spacial score (nSPS) is 23.2. The van der Waals surface area contributed by atoms with Crippen molar-refractivity contribution in [1.29, 1.82) is 0 Å². The van der Waals surface area contributed by atoms with Crippen LogP contribution >= 0.6 is 0 Å². The quantitative estimate of drug-likeness (QED) is 0.199. The number of nitrogens with zero attached hydrogens (tertiary/aromatic N) is 2. The first kappa shape index (κ1) is 13.2. The van der Waals surface area contributed by atoms with Crippen molar-refractivity contribution >= 4 is 16.0 Å². The van der Waals surface area contributed by atoms with Crippen molar-refractivity contribution in [2.24, 2.45) is 16.0 Å². The molecule has 0 atom stereocenters. The van der Waals surface area contributed by atoms with Gasteiger partial charge >= 0.3 is 0 Å². The highest BCUT2D eigenvalue weighted by atomic mass is 32.2. The SMILES string of the molecule is CN1CCC(NS(N)(=O)=O)(C(N)=NO)CC1. The van der Waals surface area contributed by atoms with Gasteiger partial charge in [0, 0.05) is 13.1 Å². The molecule has 1 heterocycles. The third-order valence-corrected chi connectivity index (χ3v) is 3.45. The summed E-state index contributed by atoms with van der Waals surface area (Å²) in [6, 6.07) is 0. The van der Waals surface area contributed by atoms with E-state index in [0.29, 0.717) is 25.9 Å². The van der Waals surface area contributed by atoms with E-state index in [-0.39, 0.29) is 5.84 Å². The summed E-state index contributed by atoms with van der Waals surface area (Å²) in [4.78, 5) is 2.02. The number of amidine groups is 1. The summed E-state index contributed by atoms with van der Waals surface area (Å²) in [5.74, 6) is -0.158. The predicted octanol–water partition coefficient (Wildman–Crippen LogP) is -2.01. The van der Waals surface area contributed by atoms with Crippen molar-refractivity contribution in [3.05, 3.63) is 0 Å². The lowest BCUT2D eigenvalue weighted by molar-refractivity contribution is 0.213. The molecule has 0 unspecified atom stereocenters. The van der Waals surface area contributed by atoms with Crippen LogP contribution in [-0.4, -0.2) is 50.0 Å². The summed E-state index contributed by atoms with van der Waals surface area (Å²) in [6.07, 6.45) is 0.825. The van der Waals surface area contributed by atoms with Gasteiger partial charge in [-0.25, -0.2) is 5.14 Å². The van der Waals surface area contributed by atoms with E-state index in [4.69, 9.17) is 16.1 Å². The molecule has 1 fully saturated rings. The smallest absolute Gasteiger partial charge is 0.275 e. The largest absolute Gasteiger partial charge is 0.409 e. The molecule has 9 heteroatoms. The fourth-order valence-electron chi connectivity index (χ4n) is 1.78. The molecule has 1 rings (SSSR count).